The van der Waals surface area contributed by atoms with Gasteiger partial charge in [-0.25, -0.2) is 4.39 Å². The number of nitrogens with two attached hydrogens (primary N) is 1. The fourth-order valence-electron chi connectivity index (χ4n) is 2.39. The van der Waals surface area contributed by atoms with Gasteiger partial charge >= 0.3 is 0 Å². The normalized spacial score (nSPS) is 17.8. The molecule has 0 unspecified atom stereocenters. The van der Waals surface area contributed by atoms with Crippen molar-refractivity contribution < 1.29 is 13.9 Å². The van der Waals surface area contributed by atoms with Crippen molar-refractivity contribution >= 4 is 5.91 Å². The Balaban J connectivity index is 1.84. The number of ether oxygens (including phenoxy) is 1. The maximum absolute atomic E-state index is 13.0. The number of hydrogen-bond donors (Lipinski definition) is 2. The molecule has 0 saturated carbocycles. The maximum Gasteiger partial charge on any atom is 0.240 e. The molecule has 3 N–H and O–H groups in total. The SMILES string of the molecule is Cc1cc(F)ccc1CCNC(=O)C1(N)CCOCC1. The maximum atomic E-state index is 13.0. The van der Waals surface area contributed by atoms with Crippen molar-refractivity contribution in [2.45, 2.75) is 31.7 Å². The van der Waals surface area contributed by atoms with E-state index >= 15 is 0 Å². The van der Waals surface area contributed by atoms with Gasteiger partial charge < -0.3 is 15.8 Å². The lowest BCUT2D eigenvalue weighted by atomic mass is 9.90. The second-order valence-corrected chi connectivity index (χ2v) is 5.35. The Morgan fingerprint density at radius 2 is 2.15 bits per heavy atom. The third kappa shape index (κ3) is 3.55. The summed E-state index contributed by atoms with van der Waals surface area (Å²) in [5.74, 6) is -0.362. The zero-order valence-electron chi connectivity index (χ0n) is 11.7. The topological polar surface area (TPSA) is 64.4 Å². The van der Waals surface area contributed by atoms with Crippen LogP contribution < -0.4 is 11.1 Å². The molecule has 1 aliphatic heterocycles. The van der Waals surface area contributed by atoms with E-state index in [4.69, 9.17) is 10.5 Å². The van der Waals surface area contributed by atoms with Crippen molar-refractivity contribution in [3.8, 4) is 0 Å². The molecule has 1 aliphatic rings. The number of halogens is 1. The van der Waals surface area contributed by atoms with Gasteiger partial charge in [0.05, 0.1) is 5.54 Å². The summed E-state index contributed by atoms with van der Waals surface area (Å²) in [6.07, 6.45) is 1.77. The van der Waals surface area contributed by atoms with Crippen molar-refractivity contribution in [3.63, 3.8) is 0 Å². The van der Waals surface area contributed by atoms with Crippen molar-refractivity contribution in [2.24, 2.45) is 5.73 Å². The number of aryl methyl sites for hydroxylation is 1. The second-order valence-electron chi connectivity index (χ2n) is 5.35. The van der Waals surface area contributed by atoms with Crippen LogP contribution >= 0.6 is 0 Å². The smallest absolute Gasteiger partial charge is 0.240 e. The molecule has 20 heavy (non-hydrogen) atoms. The van der Waals surface area contributed by atoms with Gasteiger partial charge in [0, 0.05) is 19.8 Å². The monoisotopic (exact) mass is 280 g/mol. The molecular weight excluding hydrogens is 259 g/mol. The van der Waals surface area contributed by atoms with Crippen LogP contribution in [0.4, 0.5) is 4.39 Å². The number of carbonyl (C=O) groups excluding carboxylic acids is 1. The van der Waals surface area contributed by atoms with Gasteiger partial charge in [0.2, 0.25) is 5.91 Å². The zero-order chi connectivity index (χ0) is 14.6. The lowest BCUT2D eigenvalue weighted by Gasteiger charge is -2.31. The third-order valence-corrected chi connectivity index (χ3v) is 3.82. The molecule has 1 heterocycles. The number of amides is 1. The first kappa shape index (κ1) is 14.9. The molecule has 1 aromatic rings. The van der Waals surface area contributed by atoms with Crippen LogP contribution in [0.1, 0.15) is 24.0 Å². The lowest BCUT2D eigenvalue weighted by molar-refractivity contribution is -0.129. The zero-order valence-corrected chi connectivity index (χ0v) is 11.7. The number of nitrogens with one attached hydrogen (secondary N) is 1. The van der Waals surface area contributed by atoms with Crippen LogP contribution in [0.3, 0.4) is 0 Å². The summed E-state index contributed by atoms with van der Waals surface area (Å²) in [4.78, 5) is 12.1. The van der Waals surface area contributed by atoms with E-state index in [9.17, 15) is 9.18 Å². The van der Waals surface area contributed by atoms with Crippen LogP contribution in [0.15, 0.2) is 18.2 Å². The molecule has 110 valence electrons. The summed E-state index contributed by atoms with van der Waals surface area (Å²) >= 11 is 0. The predicted molar refractivity (Wildman–Crippen MR) is 74.8 cm³/mol. The molecule has 0 radical (unpaired) electrons. The molecule has 2 rings (SSSR count). The van der Waals surface area contributed by atoms with E-state index < -0.39 is 5.54 Å². The minimum atomic E-state index is -0.809. The van der Waals surface area contributed by atoms with E-state index in [1.54, 1.807) is 6.07 Å². The summed E-state index contributed by atoms with van der Waals surface area (Å²) in [6, 6.07) is 4.69. The molecule has 0 spiro atoms. The van der Waals surface area contributed by atoms with E-state index in [0.717, 1.165) is 11.1 Å². The van der Waals surface area contributed by atoms with Gasteiger partial charge in [-0.15, -0.1) is 0 Å². The van der Waals surface area contributed by atoms with E-state index in [1.807, 2.05) is 6.92 Å². The van der Waals surface area contributed by atoms with Crippen molar-refractivity contribution in [3.05, 3.63) is 35.1 Å². The number of hydrogen-bond acceptors (Lipinski definition) is 3. The van der Waals surface area contributed by atoms with Crippen molar-refractivity contribution in [1.82, 2.24) is 5.32 Å². The van der Waals surface area contributed by atoms with Gasteiger partial charge in [-0.3, -0.25) is 4.79 Å². The Morgan fingerprint density at radius 1 is 1.45 bits per heavy atom. The van der Waals surface area contributed by atoms with E-state index in [2.05, 4.69) is 5.32 Å². The molecule has 0 bridgehead atoms. The van der Waals surface area contributed by atoms with Gasteiger partial charge in [0.1, 0.15) is 5.82 Å². The largest absolute Gasteiger partial charge is 0.381 e. The van der Waals surface area contributed by atoms with Crippen LogP contribution in [0.2, 0.25) is 0 Å². The molecule has 1 fully saturated rings. The predicted octanol–water partition coefficient (Wildman–Crippen LogP) is 1.30. The van der Waals surface area contributed by atoms with E-state index in [-0.39, 0.29) is 11.7 Å². The Labute approximate surface area is 118 Å². The molecule has 5 heteroatoms. The highest BCUT2D eigenvalue weighted by molar-refractivity contribution is 5.86. The summed E-state index contributed by atoms with van der Waals surface area (Å²) < 4.78 is 18.2. The fourth-order valence-corrected chi connectivity index (χ4v) is 2.39. The highest BCUT2D eigenvalue weighted by Gasteiger charge is 2.35. The highest BCUT2D eigenvalue weighted by Crippen LogP contribution is 2.17. The molecule has 1 amide bonds. The van der Waals surface area contributed by atoms with Crippen LogP contribution in [-0.2, 0) is 16.0 Å². The third-order valence-electron chi connectivity index (χ3n) is 3.82. The van der Waals surface area contributed by atoms with Crippen LogP contribution in [0, 0.1) is 12.7 Å². The highest BCUT2D eigenvalue weighted by atomic mass is 19.1. The number of benzene rings is 1. The van der Waals surface area contributed by atoms with E-state index in [1.165, 1.54) is 12.1 Å². The first-order valence-electron chi connectivity index (χ1n) is 6.91. The van der Waals surface area contributed by atoms with Crippen molar-refractivity contribution in [1.29, 1.82) is 0 Å². The number of carbonyl (C=O) groups is 1. The van der Waals surface area contributed by atoms with Gasteiger partial charge in [0.25, 0.3) is 0 Å². The Morgan fingerprint density at radius 3 is 2.80 bits per heavy atom. The minimum Gasteiger partial charge on any atom is -0.381 e. The molecule has 0 aromatic heterocycles. The Hall–Kier alpha value is -1.46. The van der Waals surface area contributed by atoms with Crippen LogP contribution in [-0.4, -0.2) is 31.2 Å². The minimum absolute atomic E-state index is 0.124. The summed E-state index contributed by atoms with van der Waals surface area (Å²) in [6.45, 7) is 3.43. The lowest BCUT2D eigenvalue weighted by Crippen LogP contribution is -2.57. The van der Waals surface area contributed by atoms with Gasteiger partial charge in [-0.1, -0.05) is 6.07 Å². The number of rotatable bonds is 4. The molecule has 0 aliphatic carbocycles. The second kappa shape index (κ2) is 6.33. The summed E-state index contributed by atoms with van der Waals surface area (Å²) in [5.41, 5.74) is 7.21. The standard InChI is InChI=1S/C15H21FN2O2/c1-11-10-13(16)3-2-12(11)4-7-18-14(19)15(17)5-8-20-9-6-15/h2-3,10H,4-9,17H2,1H3,(H,18,19). The molecule has 1 saturated heterocycles. The van der Waals surface area contributed by atoms with Crippen LogP contribution in [0.25, 0.3) is 0 Å². The first-order chi connectivity index (χ1) is 9.51. The average Bonchev–Trinajstić information content (AvgIpc) is 2.42. The average molecular weight is 280 g/mol. The van der Waals surface area contributed by atoms with Gasteiger partial charge in [-0.2, -0.15) is 0 Å². The molecule has 4 nitrogen and oxygen atoms in total. The first-order valence-corrected chi connectivity index (χ1v) is 6.91. The molecule has 1 aromatic carbocycles. The van der Waals surface area contributed by atoms with Crippen LogP contribution in [0.5, 0.6) is 0 Å². The van der Waals surface area contributed by atoms with Gasteiger partial charge in [-0.05, 0) is 49.4 Å². The molecular formula is C15H21FN2O2. The Bertz CT molecular complexity index is 485. The fraction of sp³-hybridized carbons (Fsp3) is 0.533. The van der Waals surface area contributed by atoms with Crippen molar-refractivity contribution in [2.75, 3.05) is 19.8 Å². The molecule has 0 atom stereocenters. The summed E-state index contributed by atoms with van der Waals surface area (Å²) in [7, 11) is 0. The van der Waals surface area contributed by atoms with Gasteiger partial charge in [0.15, 0.2) is 0 Å². The Kier molecular flexibility index (Phi) is 4.73. The quantitative estimate of drug-likeness (QED) is 0.874. The van der Waals surface area contributed by atoms with E-state index in [0.29, 0.717) is 39.0 Å². The summed E-state index contributed by atoms with van der Waals surface area (Å²) in [5, 5.41) is 2.87.